The quantitative estimate of drug-likeness (QED) is 0.775. The molecular formula is C17H33NO. The third kappa shape index (κ3) is 3.33. The molecule has 2 fully saturated rings. The van der Waals surface area contributed by atoms with E-state index in [1.165, 1.54) is 57.9 Å². The first-order chi connectivity index (χ1) is 9.23. The number of hydrogen-bond donors (Lipinski definition) is 1. The van der Waals surface area contributed by atoms with Gasteiger partial charge in [0, 0.05) is 11.5 Å². The van der Waals surface area contributed by atoms with Gasteiger partial charge in [-0.1, -0.05) is 39.5 Å². The van der Waals surface area contributed by atoms with Crippen LogP contribution in [0.25, 0.3) is 0 Å². The molecule has 0 aromatic carbocycles. The van der Waals surface area contributed by atoms with E-state index in [9.17, 15) is 0 Å². The van der Waals surface area contributed by atoms with E-state index in [4.69, 9.17) is 4.74 Å². The highest BCUT2D eigenvalue weighted by Crippen LogP contribution is 2.52. The highest BCUT2D eigenvalue weighted by atomic mass is 16.5. The van der Waals surface area contributed by atoms with Crippen LogP contribution in [0.2, 0.25) is 0 Å². The van der Waals surface area contributed by atoms with Gasteiger partial charge in [-0.2, -0.15) is 0 Å². The monoisotopic (exact) mass is 267 g/mol. The zero-order chi connectivity index (χ0) is 13.7. The van der Waals surface area contributed by atoms with Crippen LogP contribution >= 0.6 is 0 Å². The lowest BCUT2D eigenvalue weighted by Crippen LogP contribution is -2.64. The van der Waals surface area contributed by atoms with Crippen LogP contribution in [0.5, 0.6) is 0 Å². The van der Waals surface area contributed by atoms with Crippen LogP contribution in [0, 0.1) is 5.41 Å². The molecule has 3 unspecified atom stereocenters. The Morgan fingerprint density at radius 2 is 1.84 bits per heavy atom. The van der Waals surface area contributed by atoms with Gasteiger partial charge in [-0.25, -0.2) is 0 Å². The second-order valence-electron chi connectivity index (χ2n) is 6.73. The molecule has 1 N–H and O–H groups in total. The van der Waals surface area contributed by atoms with Gasteiger partial charge in [0.15, 0.2) is 0 Å². The van der Waals surface area contributed by atoms with Gasteiger partial charge in [-0.3, -0.25) is 0 Å². The molecule has 0 amide bonds. The summed E-state index contributed by atoms with van der Waals surface area (Å²) in [7, 11) is 0. The van der Waals surface area contributed by atoms with Crippen molar-refractivity contribution >= 4 is 0 Å². The second kappa shape index (κ2) is 7.08. The van der Waals surface area contributed by atoms with E-state index >= 15 is 0 Å². The zero-order valence-corrected chi connectivity index (χ0v) is 13.2. The first-order valence-electron chi connectivity index (χ1n) is 8.61. The van der Waals surface area contributed by atoms with E-state index in [2.05, 4.69) is 26.1 Å². The molecule has 1 spiro atoms. The summed E-state index contributed by atoms with van der Waals surface area (Å²) in [5.41, 5.74) is 0.467. The van der Waals surface area contributed by atoms with E-state index in [1.54, 1.807) is 0 Å². The van der Waals surface area contributed by atoms with Crippen LogP contribution in [0.1, 0.15) is 78.6 Å². The molecule has 0 aromatic rings. The molecule has 19 heavy (non-hydrogen) atoms. The summed E-state index contributed by atoms with van der Waals surface area (Å²) >= 11 is 0. The molecule has 0 saturated heterocycles. The van der Waals surface area contributed by atoms with Crippen molar-refractivity contribution in [1.82, 2.24) is 5.32 Å². The Morgan fingerprint density at radius 3 is 2.42 bits per heavy atom. The smallest absolute Gasteiger partial charge is 0.0664 e. The molecule has 2 saturated carbocycles. The molecule has 0 aromatic heterocycles. The number of rotatable bonds is 6. The zero-order valence-electron chi connectivity index (χ0n) is 13.2. The Bertz CT molecular complexity index is 258. The van der Waals surface area contributed by atoms with Crippen molar-refractivity contribution in [2.24, 2.45) is 5.41 Å². The molecule has 3 atom stereocenters. The largest absolute Gasteiger partial charge is 0.375 e. The summed E-state index contributed by atoms with van der Waals surface area (Å²) in [5, 5.41) is 3.80. The van der Waals surface area contributed by atoms with Crippen LogP contribution in [0.4, 0.5) is 0 Å². The Balaban J connectivity index is 1.99. The molecule has 0 aliphatic heterocycles. The topological polar surface area (TPSA) is 21.3 Å². The van der Waals surface area contributed by atoms with Gasteiger partial charge in [0.25, 0.3) is 0 Å². The van der Waals surface area contributed by atoms with Crippen molar-refractivity contribution < 1.29 is 4.74 Å². The maximum atomic E-state index is 6.35. The van der Waals surface area contributed by atoms with Gasteiger partial charge in [-0.15, -0.1) is 0 Å². The summed E-state index contributed by atoms with van der Waals surface area (Å²) in [6.45, 7) is 7.90. The predicted octanol–water partition coefficient (Wildman–Crippen LogP) is 4.28. The molecule has 0 bridgehead atoms. The lowest BCUT2D eigenvalue weighted by atomic mass is 9.57. The van der Waals surface area contributed by atoms with Gasteiger partial charge in [0.1, 0.15) is 0 Å². The summed E-state index contributed by atoms with van der Waals surface area (Å²) in [6.07, 6.45) is 13.0. The first kappa shape index (κ1) is 15.3. The van der Waals surface area contributed by atoms with Gasteiger partial charge in [0.05, 0.1) is 12.2 Å². The fourth-order valence-corrected chi connectivity index (χ4v) is 3.98. The highest BCUT2D eigenvalue weighted by molar-refractivity contribution is 5.08. The average molecular weight is 267 g/mol. The Kier molecular flexibility index (Phi) is 5.70. The fourth-order valence-electron chi connectivity index (χ4n) is 3.98. The van der Waals surface area contributed by atoms with Crippen molar-refractivity contribution in [3.05, 3.63) is 0 Å². The molecule has 2 aliphatic carbocycles. The molecule has 2 nitrogen and oxygen atoms in total. The van der Waals surface area contributed by atoms with Crippen molar-refractivity contribution in [2.75, 3.05) is 6.54 Å². The molecule has 0 heterocycles. The molecule has 2 heteroatoms. The molecule has 2 aliphatic rings. The Labute approximate surface area is 119 Å². The van der Waals surface area contributed by atoms with Crippen LogP contribution in [0.3, 0.4) is 0 Å². The summed E-state index contributed by atoms with van der Waals surface area (Å²) in [5.74, 6) is 0. The van der Waals surface area contributed by atoms with Crippen molar-refractivity contribution in [2.45, 2.75) is 96.8 Å². The summed E-state index contributed by atoms with van der Waals surface area (Å²) in [6, 6.07) is 0.722. The third-order valence-corrected chi connectivity index (χ3v) is 5.43. The molecule has 0 radical (unpaired) electrons. The second-order valence-corrected chi connectivity index (χ2v) is 6.73. The lowest BCUT2D eigenvalue weighted by Gasteiger charge is -2.57. The average Bonchev–Trinajstić information content (AvgIpc) is 2.69. The highest BCUT2D eigenvalue weighted by Gasteiger charge is 2.55. The summed E-state index contributed by atoms with van der Waals surface area (Å²) < 4.78 is 6.35. The van der Waals surface area contributed by atoms with Crippen LogP contribution < -0.4 is 5.32 Å². The molecular weight excluding hydrogens is 234 g/mol. The van der Waals surface area contributed by atoms with Gasteiger partial charge in [-0.05, 0) is 45.6 Å². The number of hydrogen-bond acceptors (Lipinski definition) is 2. The first-order valence-corrected chi connectivity index (χ1v) is 8.61. The van der Waals surface area contributed by atoms with Crippen molar-refractivity contribution in [3.8, 4) is 0 Å². The molecule has 112 valence electrons. The number of ether oxygens (including phenoxy) is 1. The van der Waals surface area contributed by atoms with Crippen LogP contribution in [0.15, 0.2) is 0 Å². The minimum atomic E-state index is 0.428. The van der Waals surface area contributed by atoms with Crippen molar-refractivity contribution in [3.63, 3.8) is 0 Å². The van der Waals surface area contributed by atoms with E-state index < -0.39 is 0 Å². The standard InChI is InChI=1S/C17H33NO/c1-4-12-18-15-13-16(19-14(3)5-2)17(15)10-8-6-7-9-11-17/h14-16,18H,4-13H2,1-3H3. The maximum Gasteiger partial charge on any atom is 0.0664 e. The van der Waals surface area contributed by atoms with E-state index in [0.29, 0.717) is 17.6 Å². The Hall–Kier alpha value is -0.0800. The van der Waals surface area contributed by atoms with Gasteiger partial charge in [0.2, 0.25) is 0 Å². The normalized spacial score (nSPS) is 31.7. The number of nitrogens with one attached hydrogen (secondary N) is 1. The van der Waals surface area contributed by atoms with E-state index in [0.717, 1.165) is 12.5 Å². The predicted molar refractivity (Wildman–Crippen MR) is 81.5 cm³/mol. The Morgan fingerprint density at radius 1 is 1.16 bits per heavy atom. The minimum Gasteiger partial charge on any atom is -0.375 e. The lowest BCUT2D eigenvalue weighted by molar-refractivity contribution is -0.166. The SMILES string of the molecule is CCCNC1CC(OC(C)CC)C12CCCCCC2. The third-order valence-electron chi connectivity index (χ3n) is 5.43. The molecule has 2 rings (SSSR count). The van der Waals surface area contributed by atoms with Crippen LogP contribution in [-0.2, 0) is 4.74 Å². The fraction of sp³-hybridized carbons (Fsp3) is 1.00. The van der Waals surface area contributed by atoms with Gasteiger partial charge >= 0.3 is 0 Å². The van der Waals surface area contributed by atoms with Crippen molar-refractivity contribution in [1.29, 1.82) is 0 Å². The van der Waals surface area contributed by atoms with E-state index in [1.807, 2.05) is 0 Å². The van der Waals surface area contributed by atoms with Gasteiger partial charge < -0.3 is 10.1 Å². The maximum absolute atomic E-state index is 6.35. The minimum absolute atomic E-state index is 0.428. The van der Waals surface area contributed by atoms with E-state index in [-0.39, 0.29) is 0 Å². The van der Waals surface area contributed by atoms with Crippen LogP contribution in [-0.4, -0.2) is 24.8 Å². The summed E-state index contributed by atoms with van der Waals surface area (Å²) in [4.78, 5) is 0.